The first kappa shape index (κ1) is 18.0. The largest absolute Gasteiger partial charge is 0.369 e. The second kappa shape index (κ2) is 7.06. The Kier molecular flexibility index (Phi) is 4.53. The number of alkyl halides is 1. The van der Waals surface area contributed by atoms with Gasteiger partial charge in [0, 0.05) is 48.3 Å². The van der Waals surface area contributed by atoms with Gasteiger partial charge in [0.05, 0.1) is 6.04 Å². The van der Waals surface area contributed by atoms with Crippen LogP contribution in [0.5, 0.6) is 0 Å². The minimum Gasteiger partial charge on any atom is -0.369 e. The highest BCUT2D eigenvalue weighted by molar-refractivity contribution is 5.45. The van der Waals surface area contributed by atoms with Gasteiger partial charge in [-0.25, -0.2) is 4.39 Å². The first-order chi connectivity index (χ1) is 13.7. The topological polar surface area (TPSA) is 19.4 Å². The SMILES string of the molecule is CC1=CC=C2C(C1)C1=C3CCC(CC1N2CCc1ccc(C)nc1)N3CCF. The standard InChI is InChI=1S/C24H30FN3/c1-16-3-7-21-20(13-16)24-22-8-6-19(27(22)12-10-25)14-23(24)28(21)11-9-18-5-4-17(2)26-15-18/h3-5,7,15,19-20,23H,6,8-14H2,1-2H3. The fourth-order valence-electron chi connectivity index (χ4n) is 5.86. The summed E-state index contributed by atoms with van der Waals surface area (Å²) in [6.07, 6.45) is 12.3. The molecule has 5 rings (SSSR count). The van der Waals surface area contributed by atoms with Crippen LogP contribution in [0.3, 0.4) is 0 Å². The van der Waals surface area contributed by atoms with Gasteiger partial charge in [-0.05, 0) is 69.2 Å². The summed E-state index contributed by atoms with van der Waals surface area (Å²) in [5, 5.41) is 0. The third-order valence-electron chi connectivity index (χ3n) is 7.13. The van der Waals surface area contributed by atoms with Gasteiger partial charge in [-0.3, -0.25) is 4.98 Å². The van der Waals surface area contributed by atoms with E-state index < -0.39 is 0 Å². The van der Waals surface area contributed by atoms with Gasteiger partial charge in [-0.15, -0.1) is 0 Å². The van der Waals surface area contributed by atoms with Crippen molar-refractivity contribution in [3.8, 4) is 0 Å². The van der Waals surface area contributed by atoms with E-state index in [-0.39, 0.29) is 6.67 Å². The molecule has 4 heterocycles. The van der Waals surface area contributed by atoms with E-state index in [2.05, 4.69) is 46.0 Å². The molecule has 3 unspecified atom stereocenters. The van der Waals surface area contributed by atoms with Gasteiger partial charge in [0.25, 0.3) is 0 Å². The lowest BCUT2D eigenvalue weighted by atomic mass is 9.83. The maximum atomic E-state index is 13.2. The number of hydrogen-bond donors (Lipinski definition) is 0. The fraction of sp³-hybridized carbons (Fsp3) is 0.542. The van der Waals surface area contributed by atoms with E-state index in [1.807, 2.05) is 13.1 Å². The molecule has 148 valence electrons. The predicted molar refractivity (Wildman–Crippen MR) is 110 cm³/mol. The molecule has 4 aliphatic rings. The molecule has 4 heteroatoms. The zero-order chi connectivity index (χ0) is 19.3. The van der Waals surface area contributed by atoms with Crippen LogP contribution in [-0.2, 0) is 6.42 Å². The van der Waals surface area contributed by atoms with E-state index in [9.17, 15) is 4.39 Å². The lowest BCUT2D eigenvalue weighted by Gasteiger charge is -2.39. The molecule has 3 aliphatic heterocycles. The average molecular weight is 380 g/mol. The molecule has 28 heavy (non-hydrogen) atoms. The summed E-state index contributed by atoms with van der Waals surface area (Å²) in [5.41, 5.74) is 8.42. The zero-order valence-electron chi connectivity index (χ0n) is 17.0. The number of hydrogen-bond acceptors (Lipinski definition) is 3. The summed E-state index contributed by atoms with van der Waals surface area (Å²) >= 11 is 0. The van der Waals surface area contributed by atoms with Crippen molar-refractivity contribution in [3.05, 3.63) is 64.3 Å². The van der Waals surface area contributed by atoms with E-state index in [0.717, 1.165) is 37.9 Å². The second-order valence-electron chi connectivity index (χ2n) is 8.84. The summed E-state index contributed by atoms with van der Waals surface area (Å²) < 4.78 is 13.2. The number of nitrogens with zero attached hydrogens (tertiary/aromatic N) is 3. The first-order valence-corrected chi connectivity index (χ1v) is 10.8. The number of pyridine rings is 1. The second-order valence-corrected chi connectivity index (χ2v) is 8.84. The van der Waals surface area contributed by atoms with Crippen LogP contribution in [-0.4, -0.2) is 46.6 Å². The van der Waals surface area contributed by atoms with Gasteiger partial charge in [0.15, 0.2) is 0 Å². The van der Waals surface area contributed by atoms with Gasteiger partial charge in [-0.1, -0.05) is 17.7 Å². The van der Waals surface area contributed by atoms with Crippen LogP contribution in [0.1, 0.15) is 43.9 Å². The van der Waals surface area contributed by atoms with E-state index in [4.69, 9.17) is 0 Å². The molecule has 0 aromatic carbocycles. The summed E-state index contributed by atoms with van der Waals surface area (Å²) in [6, 6.07) is 5.35. The Bertz CT molecular complexity index is 851. The lowest BCUT2D eigenvalue weighted by molar-refractivity contribution is 0.189. The molecule has 0 radical (unpaired) electrons. The van der Waals surface area contributed by atoms with Gasteiger partial charge in [-0.2, -0.15) is 0 Å². The first-order valence-electron chi connectivity index (χ1n) is 10.8. The Labute approximate surface area is 167 Å². The summed E-state index contributed by atoms with van der Waals surface area (Å²) in [4.78, 5) is 9.55. The van der Waals surface area contributed by atoms with Crippen LogP contribution in [0.2, 0.25) is 0 Å². The van der Waals surface area contributed by atoms with Crippen molar-refractivity contribution >= 4 is 0 Å². The third kappa shape index (κ3) is 2.89. The average Bonchev–Trinajstić information content (AvgIpc) is 3.13. The normalized spacial score (nSPS) is 28.3. The van der Waals surface area contributed by atoms with Crippen LogP contribution in [0.15, 0.2) is 53.0 Å². The van der Waals surface area contributed by atoms with Crippen molar-refractivity contribution in [2.75, 3.05) is 19.8 Å². The fourth-order valence-corrected chi connectivity index (χ4v) is 5.86. The molecular formula is C24H30FN3. The smallest absolute Gasteiger partial charge is 0.107 e. The molecule has 0 saturated carbocycles. The molecular weight excluding hydrogens is 349 g/mol. The maximum absolute atomic E-state index is 13.2. The van der Waals surface area contributed by atoms with Crippen LogP contribution in [0.25, 0.3) is 0 Å². The Balaban J connectivity index is 1.47. The molecule has 2 saturated heterocycles. The number of rotatable bonds is 5. The third-order valence-corrected chi connectivity index (χ3v) is 7.13. The van der Waals surface area contributed by atoms with Gasteiger partial charge < -0.3 is 9.80 Å². The highest BCUT2D eigenvalue weighted by Crippen LogP contribution is 2.52. The Hall–Kier alpha value is -2.10. The number of fused-ring (bicyclic) bond motifs is 5. The van der Waals surface area contributed by atoms with Crippen molar-refractivity contribution < 1.29 is 4.39 Å². The number of aromatic nitrogens is 1. The van der Waals surface area contributed by atoms with Crippen LogP contribution < -0.4 is 0 Å². The van der Waals surface area contributed by atoms with E-state index in [1.54, 1.807) is 5.57 Å². The Morgan fingerprint density at radius 1 is 1.14 bits per heavy atom. The number of halogens is 1. The molecule has 3 atom stereocenters. The van der Waals surface area contributed by atoms with Gasteiger partial charge in [0.2, 0.25) is 0 Å². The zero-order valence-corrected chi connectivity index (χ0v) is 17.0. The Morgan fingerprint density at radius 3 is 2.82 bits per heavy atom. The number of aryl methyl sites for hydroxylation is 1. The highest BCUT2D eigenvalue weighted by atomic mass is 19.1. The maximum Gasteiger partial charge on any atom is 0.107 e. The van der Waals surface area contributed by atoms with E-state index in [0.29, 0.717) is 24.5 Å². The molecule has 0 amide bonds. The minimum absolute atomic E-state index is 0.242. The summed E-state index contributed by atoms with van der Waals surface area (Å²) in [6.45, 7) is 5.65. The molecule has 2 bridgehead atoms. The predicted octanol–water partition coefficient (Wildman–Crippen LogP) is 4.56. The lowest BCUT2D eigenvalue weighted by Crippen LogP contribution is -2.43. The Morgan fingerprint density at radius 2 is 2.04 bits per heavy atom. The van der Waals surface area contributed by atoms with Crippen molar-refractivity contribution in [1.82, 2.24) is 14.8 Å². The van der Waals surface area contributed by atoms with Crippen LogP contribution in [0.4, 0.5) is 4.39 Å². The molecule has 0 spiro atoms. The van der Waals surface area contributed by atoms with E-state index in [1.165, 1.54) is 29.0 Å². The monoisotopic (exact) mass is 379 g/mol. The van der Waals surface area contributed by atoms with E-state index >= 15 is 0 Å². The molecule has 1 aliphatic carbocycles. The van der Waals surface area contributed by atoms with Crippen molar-refractivity contribution in [1.29, 1.82) is 0 Å². The van der Waals surface area contributed by atoms with Gasteiger partial charge >= 0.3 is 0 Å². The summed E-state index contributed by atoms with van der Waals surface area (Å²) in [7, 11) is 0. The number of allylic oxidation sites excluding steroid dienone is 5. The molecule has 2 fully saturated rings. The summed E-state index contributed by atoms with van der Waals surface area (Å²) in [5.74, 6) is 0.502. The molecule has 1 aromatic heterocycles. The molecule has 1 aromatic rings. The minimum atomic E-state index is -0.242. The molecule has 0 N–H and O–H groups in total. The van der Waals surface area contributed by atoms with Crippen LogP contribution in [0, 0.1) is 12.8 Å². The van der Waals surface area contributed by atoms with Crippen molar-refractivity contribution in [2.24, 2.45) is 5.92 Å². The van der Waals surface area contributed by atoms with Crippen LogP contribution >= 0.6 is 0 Å². The quantitative estimate of drug-likeness (QED) is 0.748. The number of likely N-dealkylation sites (tertiary alicyclic amines) is 1. The van der Waals surface area contributed by atoms with Gasteiger partial charge in [0.1, 0.15) is 6.67 Å². The van der Waals surface area contributed by atoms with Crippen molar-refractivity contribution in [2.45, 2.75) is 58.0 Å². The van der Waals surface area contributed by atoms with Crippen molar-refractivity contribution in [3.63, 3.8) is 0 Å². The highest BCUT2D eigenvalue weighted by Gasteiger charge is 2.49. The molecule has 3 nitrogen and oxygen atoms in total.